The van der Waals surface area contributed by atoms with Crippen molar-refractivity contribution in [3.63, 3.8) is 0 Å². The molecule has 0 heterocycles. The lowest BCUT2D eigenvalue weighted by Crippen LogP contribution is -2.13. The molecule has 2 atom stereocenters. The standard InChI is InChI=1S/C13H17BrO/c1-15-13-7-5-10(6-8-13)11-3-2-4-12(14)9-11/h5-8,11-12H,2-4,9H2,1H3. The van der Waals surface area contributed by atoms with E-state index in [1.807, 2.05) is 0 Å². The first-order valence-corrected chi connectivity index (χ1v) is 6.49. The molecule has 0 radical (unpaired) electrons. The Kier molecular flexibility index (Phi) is 3.68. The molecular weight excluding hydrogens is 252 g/mol. The summed E-state index contributed by atoms with van der Waals surface area (Å²) >= 11 is 3.73. The molecule has 2 heteroatoms. The highest BCUT2D eigenvalue weighted by atomic mass is 79.9. The molecule has 2 unspecified atom stereocenters. The molecule has 1 aliphatic carbocycles. The predicted molar refractivity (Wildman–Crippen MR) is 66.9 cm³/mol. The van der Waals surface area contributed by atoms with Gasteiger partial charge in [-0.2, -0.15) is 0 Å². The quantitative estimate of drug-likeness (QED) is 0.734. The maximum absolute atomic E-state index is 5.17. The lowest BCUT2D eigenvalue weighted by Gasteiger charge is -2.26. The molecule has 1 aromatic carbocycles. The summed E-state index contributed by atoms with van der Waals surface area (Å²) in [5.41, 5.74) is 1.46. The van der Waals surface area contributed by atoms with Gasteiger partial charge in [-0.25, -0.2) is 0 Å². The molecule has 15 heavy (non-hydrogen) atoms. The van der Waals surface area contributed by atoms with Gasteiger partial charge in [0, 0.05) is 4.83 Å². The molecule has 0 bridgehead atoms. The highest BCUT2D eigenvalue weighted by Gasteiger charge is 2.21. The third-order valence-electron chi connectivity index (χ3n) is 3.20. The van der Waals surface area contributed by atoms with Crippen LogP contribution in [0.15, 0.2) is 24.3 Å². The fraction of sp³-hybridized carbons (Fsp3) is 0.538. The zero-order chi connectivity index (χ0) is 10.7. The van der Waals surface area contributed by atoms with E-state index in [0.717, 1.165) is 11.7 Å². The largest absolute Gasteiger partial charge is 0.497 e. The van der Waals surface area contributed by atoms with Crippen LogP contribution >= 0.6 is 15.9 Å². The van der Waals surface area contributed by atoms with E-state index in [4.69, 9.17) is 4.74 Å². The number of benzene rings is 1. The normalized spacial score (nSPS) is 26.3. The first-order chi connectivity index (χ1) is 7.29. The van der Waals surface area contributed by atoms with E-state index in [2.05, 4.69) is 40.2 Å². The van der Waals surface area contributed by atoms with Crippen LogP contribution in [-0.4, -0.2) is 11.9 Å². The molecule has 2 rings (SSSR count). The minimum absolute atomic E-state index is 0.707. The Hall–Kier alpha value is -0.500. The predicted octanol–water partition coefficient (Wildman–Crippen LogP) is 4.12. The van der Waals surface area contributed by atoms with E-state index in [0.29, 0.717) is 4.83 Å². The van der Waals surface area contributed by atoms with E-state index in [1.54, 1.807) is 7.11 Å². The Bertz CT molecular complexity index is 307. The Labute approximate surface area is 100.0 Å². The third kappa shape index (κ3) is 2.75. The van der Waals surface area contributed by atoms with Gasteiger partial charge in [0.2, 0.25) is 0 Å². The molecule has 1 saturated carbocycles. The summed E-state index contributed by atoms with van der Waals surface area (Å²) in [6, 6.07) is 8.53. The van der Waals surface area contributed by atoms with Crippen LogP contribution in [0.4, 0.5) is 0 Å². The number of methoxy groups -OCH3 is 1. The van der Waals surface area contributed by atoms with Crippen molar-refractivity contribution in [2.24, 2.45) is 0 Å². The van der Waals surface area contributed by atoms with E-state index in [9.17, 15) is 0 Å². The summed E-state index contributed by atoms with van der Waals surface area (Å²) < 4.78 is 5.17. The molecule has 1 aliphatic rings. The van der Waals surface area contributed by atoms with Gasteiger partial charge in [-0.1, -0.05) is 34.5 Å². The molecular formula is C13H17BrO. The highest BCUT2D eigenvalue weighted by molar-refractivity contribution is 9.09. The second-order valence-electron chi connectivity index (χ2n) is 4.23. The Morgan fingerprint density at radius 2 is 1.93 bits per heavy atom. The number of hydrogen-bond acceptors (Lipinski definition) is 1. The third-order valence-corrected chi connectivity index (χ3v) is 4.03. The molecule has 0 saturated heterocycles. The molecule has 0 aliphatic heterocycles. The fourth-order valence-corrected chi connectivity index (χ4v) is 3.08. The average molecular weight is 269 g/mol. The maximum Gasteiger partial charge on any atom is 0.118 e. The minimum Gasteiger partial charge on any atom is -0.497 e. The fourth-order valence-electron chi connectivity index (χ4n) is 2.31. The van der Waals surface area contributed by atoms with Gasteiger partial charge >= 0.3 is 0 Å². The van der Waals surface area contributed by atoms with Crippen LogP contribution in [0.5, 0.6) is 5.75 Å². The van der Waals surface area contributed by atoms with Gasteiger partial charge in [0.15, 0.2) is 0 Å². The van der Waals surface area contributed by atoms with Gasteiger partial charge < -0.3 is 4.74 Å². The first kappa shape index (κ1) is 11.0. The second-order valence-corrected chi connectivity index (χ2v) is 5.53. The van der Waals surface area contributed by atoms with Crippen LogP contribution < -0.4 is 4.74 Å². The van der Waals surface area contributed by atoms with Gasteiger partial charge in [0.1, 0.15) is 5.75 Å². The van der Waals surface area contributed by atoms with Crippen LogP contribution in [0.2, 0.25) is 0 Å². The number of ether oxygens (including phenoxy) is 1. The second kappa shape index (κ2) is 5.02. The van der Waals surface area contributed by atoms with Gasteiger partial charge in [-0.3, -0.25) is 0 Å². The molecule has 0 N–H and O–H groups in total. The van der Waals surface area contributed by atoms with Crippen molar-refractivity contribution >= 4 is 15.9 Å². The highest BCUT2D eigenvalue weighted by Crippen LogP contribution is 2.36. The first-order valence-electron chi connectivity index (χ1n) is 5.57. The Balaban J connectivity index is 2.07. The summed E-state index contributed by atoms with van der Waals surface area (Å²) in [5.74, 6) is 1.68. The van der Waals surface area contributed by atoms with Crippen molar-refractivity contribution < 1.29 is 4.74 Å². The van der Waals surface area contributed by atoms with Crippen molar-refractivity contribution in [2.45, 2.75) is 36.4 Å². The summed E-state index contributed by atoms with van der Waals surface area (Å²) in [7, 11) is 1.71. The number of rotatable bonds is 2. The van der Waals surface area contributed by atoms with Crippen molar-refractivity contribution in [2.75, 3.05) is 7.11 Å². The summed E-state index contributed by atoms with van der Waals surface area (Å²) in [6.07, 6.45) is 5.26. The van der Waals surface area contributed by atoms with Gasteiger partial charge in [-0.05, 0) is 42.9 Å². The molecule has 1 aromatic rings. The number of hydrogen-bond donors (Lipinski definition) is 0. The van der Waals surface area contributed by atoms with E-state index >= 15 is 0 Å². The lowest BCUT2D eigenvalue weighted by atomic mass is 9.84. The molecule has 82 valence electrons. The van der Waals surface area contributed by atoms with Crippen LogP contribution in [0.1, 0.15) is 37.2 Å². The van der Waals surface area contributed by atoms with E-state index in [-0.39, 0.29) is 0 Å². The zero-order valence-electron chi connectivity index (χ0n) is 9.08. The summed E-state index contributed by atoms with van der Waals surface area (Å²) in [5, 5.41) is 0. The summed E-state index contributed by atoms with van der Waals surface area (Å²) in [6.45, 7) is 0. The van der Waals surface area contributed by atoms with Crippen LogP contribution in [0.3, 0.4) is 0 Å². The number of alkyl halides is 1. The van der Waals surface area contributed by atoms with Gasteiger partial charge in [0.05, 0.1) is 7.11 Å². The molecule has 1 fully saturated rings. The smallest absolute Gasteiger partial charge is 0.118 e. The molecule has 0 amide bonds. The topological polar surface area (TPSA) is 9.23 Å². The Morgan fingerprint density at radius 1 is 1.20 bits per heavy atom. The van der Waals surface area contributed by atoms with Crippen molar-refractivity contribution in [3.05, 3.63) is 29.8 Å². The van der Waals surface area contributed by atoms with Gasteiger partial charge in [0.25, 0.3) is 0 Å². The van der Waals surface area contributed by atoms with Crippen LogP contribution in [0, 0.1) is 0 Å². The van der Waals surface area contributed by atoms with Crippen molar-refractivity contribution in [1.82, 2.24) is 0 Å². The van der Waals surface area contributed by atoms with E-state index < -0.39 is 0 Å². The van der Waals surface area contributed by atoms with Crippen molar-refractivity contribution in [1.29, 1.82) is 0 Å². The average Bonchev–Trinajstić information content (AvgIpc) is 2.29. The van der Waals surface area contributed by atoms with Crippen molar-refractivity contribution in [3.8, 4) is 5.75 Å². The SMILES string of the molecule is COc1ccc(C2CCCC(Br)C2)cc1. The summed E-state index contributed by atoms with van der Waals surface area (Å²) in [4.78, 5) is 0.707. The molecule has 0 aromatic heterocycles. The Morgan fingerprint density at radius 3 is 2.53 bits per heavy atom. The van der Waals surface area contributed by atoms with Crippen LogP contribution in [0.25, 0.3) is 0 Å². The molecule has 1 nitrogen and oxygen atoms in total. The monoisotopic (exact) mass is 268 g/mol. The lowest BCUT2D eigenvalue weighted by molar-refractivity contribution is 0.413. The minimum atomic E-state index is 0.707. The van der Waals surface area contributed by atoms with Gasteiger partial charge in [-0.15, -0.1) is 0 Å². The van der Waals surface area contributed by atoms with Crippen LogP contribution in [-0.2, 0) is 0 Å². The number of halogens is 1. The maximum atomic E-state index is 5.17. The molecule has 0 spiro atoms. The van der Waals surface area contributed by atoms with E-state index in [1.165, 1.54) is 31.2 Å². The zero-order valence-corrected chi connectivity index (χ0v) is 10.7.